The van der Waals surface area contributed by atoms with E-state index in [1.807, 2.05) is 0 Å². The SMILES string of the molecule is COCC1CCN(C(=NCC(=O)N(C)C)NC2CCCCC2)C1.I. The van der Waals surface area contributed by atoms with Gasteiger partial charge in [-0.2, -0.15) is 0 Å². The third-order valence-electron chi connectivity index (χ3n) is 4.79. The van der Waals surface area contributed by atoms with Crippen LogP contribution in [0.5, 0.6) is 0 Å². The van der Waals surface area contributed by atoms with Gasteiger partial charge in [-0.1, -0.05) is 19.3 Å². The summed E-state index contributed by atoms with van der Waals surface area (Å²) in [6.07, 6.45) is 7.44. The maximum atomic E-state index is 11.9. The van der Waals surface area contributed by atoms with Crippen LogP contribution in [0.1, 0.15) is 38.5 Å². The van der Waals surface area contributed by atoms with Crippen LogP contribution < -0.4 is 5.32 Å². The Bertz CT molecular complexity index is 411. The number of hydrogen-bond acceptors (Lipinski definition) is 3. The number of guanidine groups is 1. The summed E-state index contributed by atoms with van der Waals surface area (Å²) in [5.41, 5.74) is 0. The fourth-order valence-electron chi connectivity index (χ4n) is 3.35. The Morgan fingerprint density at radius 2 is 1.96 bits per heavy atom. The molecule has 2 rings (SSSR count). The highest BCUT2D eigenvalue weighted by Gasteiger charge is 2.26. The van der Waals surface area contributed by atoms with E-state index in [-0.39, 0.29) is 36.4 Å². The molecule has 1 N–H and O–H groups in total. The Hall–Kier alpha value is -0.570. The van der Waals surface area contributed by atoms with Gasteiger partial charge in [0.1, 0.15) is 6.54 Å². The first-order valence-electron chi connectivity index (χ1n) is 8.85. The summed E-state index contributed by atoms with van der Waals surface area (Å²) in [7, 11) is 5.31. The van der Waals surface area contributed by atoms with Crippen LogP contribution in [-0.4, -0.2) is 75.2 Å². The number of nitrogens with one attached hydrogen (secondary N) is 1. The van der Waals surface area contributed by atoms with Crippen LogP contribution >= 0.6 is 24.0 Å². The lowest BCUT2D eigenvalue weighted by molar-refractivity contribution is -0.127. The molecule has 0 bridgehead atoms. The standard InChI is InChI=1S/C17H32N4O2.HI/c1-20(2)16(22)11-18-17(19-15-7-5-4-6-8-15)21-10-9-14(12-21)13-23-3;/h14-15H,4-13H2,1-3H3,(H,18,19);1H. The molecule has 2 fully saturated rings. The molecule has 1 amide bonds. The molecule has 6 nitrogen and oxygen atoms in total. The number of nitrogens with zero attached hydrogens (tertiary/aromatic N) is 3. The van der Waals surface area contributed by atoms with Crippen molar-refractivity contribution < 1.29 is 9.53 Å². The van der Waals surface area contributed by atoms with Crippen LogP contribution in [0.15, 0.2) is 4.99 Å². The maximum absolute atomic E-state index is 11.9. The Labute approximate surface area is 163 Å². The van der Waals surface area contributed by atoms with Gasteiger partial charge in [-0.05, 0) is 19.3 Å². The van der Waals surface area contributed by atoms with Gasteiger partial charge in [-0.15, -0.1) is 24.0 Å². The van der Waals surface area contributed by atoms with Crippen LogP contribution in [0, 0.1) is 5.92 Å². The van der Waals surface area contributed by atoms with Crippen LogP contribution in [0.3, 0.4) is 0 Å². The highest BCUT2D eigenvalue weighted by molar-refractivity contribution is 14.0. The number of amides is 1. The van der Waals surface area contributed by atoms with Gasteiger partial charge in [0.2, 0.25) is 5.91 Å². The molecule has 1 unspecified atom stereocenters. The molecule has 2 aliphatic rings. The lowest BCUT2D eigenvalue weighted by Gasteiger charge is -2.29. The zero-order valence-electron chi connectivity index (χ0n) is 15.3. The molecule has 1 aliphatic carbocycles. The second kappa shape index (κ2) is 11.1. The number of halogens is 1. The van der Waals surface area contributed by atoms with Gasteiger partial charge >= 0.3 is 0 Å². The molecule has 1 saturated carbocycles. The average Bonchev–Trinajstić information content (AvgIpc) is 3.01. The summed E-state index contributed by atoms with van der Waals surface area (Å²) in [6, 6.07) is 0.499. The van der Waals surface area contributed by atoms with Crippen molar-refractivity contribution in [3.63, 3.8) is 0 Å². The molecule has 0 aromatic rings. The fraction of sp³-hybridized carbons (Fsp3) is 0.882. The molecule has 7 heteroatoms. The summed E-state index contributed by atoms with van der Waals surface area (Å²) in [5, 5.41) is 3.62. The fourth-order valence-corrected chi connectivity index (χ4v) is 3.35. The number of ether oxygens (including phenoxy) is 1. The molecular formula is C17H33IN4O2. The van der Waals surface area contributed by atoms with E-state index in [1.54, 1.807) is 26.1 Å². The van der Waals surface area contributed by atoms with Crippen LogP contribution in [-0.2, 0) is 9.53 Å². The number of rotatable bonds is 5. The maximum Gasteiger partial charge on any atom is 0.243 e. The van der Waals surface area contributed by atoms with Crippen molar-refractivity contribution in [3.8, 4) is 0 Å². The molecule has 1 saturated heterocycles. The Balaban J connectivity index is 0.00000288. The van der Waals surface area contributed by atoms with Gasteiger partial charge in [0.05, 0.1) is 6.61 Å². The second-order valence-corrected chi connectivity index (χ2v) is 6.96. The second-order valence-electron chi connectivity index (χ2n) is 6.96. The van der Waals surface area contributed by atoms with Gasteiger partial charge in [-0.25, -0.2) is 4.99 Å². The average molecular weight is 452 g/mol. The number of carbonyl (C=O) groups excluding carboxylic acids is 1. The van der Waals surface area contributed by atoms with E-state index in [4.69, 9.17) is 4.74 Å². The minimum absolute atomic E-state index is 0. The molecule has 0 spiro atoms. The van der Waals surface area contributed by atoms with Crippen LogP contribution in [0.2, 0.25) is 0 Å². The van der Waals surface area contributed by atoms with E-state index in [9.17, 15) is 4.79 Å². The smallest absolute Gasteiger partial charge is 0.243 e. The number of aliphatic imine (C=N–C) groups is 1. The normalized spacial score (nSPS) is 22.2. The third-order valence-corrected chi connectivity index (χ3v) is 4.79. The van der Waals surface area contributed by atoms with E-state index in [2.05, 4.69) is 15.2 Å². The molecule has 1 atom stereocenters. The van der Waals surface area contributed by atoms with Gasteiger partial charge in [-0.3, -0.25) is 4.79 Å². The van der Waals surface area contributed by atoms with Crippen molar-refractivity contribution in [3.05, 3.63) is 0 Å². The zero-order valence-corrected chi connectivity index (χ0v) is 17.6. The number of carbonyl (C=O) groups is 1. The molecule has 1 heterocycles. The first kappa shape index (κ1) is 21.5. The molecule has 0 aromatic carbocycles. The highest BCUT2D eigenvalue weighted by atomic mass is 127. The summed E-state index contributed by atoms with van der Waals surface area (Å²) in [6.45, 7) is 2.96. The van der Waals surface area contributed by atoms with Crippen molar-refractivity contribution in [2.24, 2.45) is 10.9 Å². The monoisotopic (exact) mass is 452 g/mol. The van der Waals surface area contributed by atoms with Gasteiger partial charge in [0.25, 0.3) is 0 Å². The summed E-state index contributed by atoms with van der Waals surface area (Å²) < 4.78 is 5.29. The number of likely N-dealkylation sites (tertiary alicyclic amines) is 1. The van der Waals surface area contributed by atoms with E-state index in [0.717, 1.165) is 32.1 Å². The van der Waals surface area contributed by atoms with Crippen LogP contribution in [0.4, 0.5) is 0 Å². The van der Waals surface area contributed by atoms with E-state index >= 15 is 0 Å². The summed E-state index contributed by atoms with van der Waals surface area (Å²) in [4.78, 5) is 20.4. The Kier molecular flexibility index (Phi) is 9.95. The van der Waals surface area contributed by atoms with Crippen molar-refractivity contribution in [1.82, 2.24) is 15.1 Å². The Morgan fingerprint density at radius 3 is 2.58 bits per heavy atom. The van der Waals surface area contributed by atoms with Gasteiger partial charge in [0.15, 0.2) is 5.96 Å². The molecule has 0 aromatic heterocycles. The van der Waals surface area contributed by atoms with E-state index in [0.29, 0.717) is 12.0 Å². The predicted octanol–water partition coefficient (Wildman–Crippen LogP) is 1.94. The first-order chi connectivity index (χ1) is 11.1. The predicted molar refractivity (Wildman–Crippen MR) is 108 cm³/mol. The minimum atomic E-state index is 0. The molecule has 0 radical (unpaired) electrons. The number of methoxy groups -OCH3 is 1. The lowest BCUT2D eigenvalue weighted by Crippen LogP contribution is -2.46. The van der Waals surface area contributed by atoms with Gasteiger partial charge in [0, 0.05) is 46.3 Å². The topological polar surface area (TPSA) is 57.2 Å². The van der Waals surface area contributed by atoms with Crippen molar-refractivity contribution in [2.75, 3.05) is 47.4 Å². The van der Waals surface area contributed by atoms with E-state index < -0.39 is 0 Å². The van der Waals surface area contributed by atoms with Crippen molar-refractivity contribution in [2.45, 2.75) is 44.6 Å². The lowest BCUT2D eigenvalue weighted by atomic mass is 9.96. The van der Waals surface area contributed by atoms with Crippen molar-refractivity contribution >= 4 is 35.8 Å². The van der Waals surface area contributed by atoms with Crippen molar-refractivity contribution in [1.29, 1.82) is 0 Å². The quantitative estimate of drug-likeness (QED) is 0.394. The summed E-state index contributed by atoms with van der Waals surface area (Å²) in [5.74, 6) is 1.51. The van der Waals surface area contributed by atoms with Gasteiger partial charge < -0.3 is 19.9 Å². The largest absolute Gasteiger partial charge is 0.384 e. The molecule has 140 valence electrons. The Morgan fingerprint density at radius 1 is 1.25 bits per heavy atom. The van der Waals surface area contributed by atoms with E-state index in [1.165, 1.54) is 32.1 Å². The van der Waals surface area contributed by atoms with Crippen LogP contribution in [0.25, 0.3) is 0 Å². The first-order valence-corrected chi connectivity index (χ1v) is 8.85. The molecular weight excluding hydrogens is 419 g/mol. The minimum Gasteiger partial charge on any atom is -0.384 e. The molecule has 24 heavy (non-hydrogen) atoms. The number of likely N-dealkylation sites (N-methyl/N-ethyl adjacent to an activating group) is 1. The highest BCUT2D eigenvalue weighted by Crippen LogP contribution is 2.20. The number of hydrogen-bond donors (Lipinski definition) is 1. The zero-order chi connectivity index (χ0) is 16.7. The molecule has 1 aliphatic heterocycles. The third kappa shape index (κ3) is 6.74. The summed E-state index contributed by atoms with van der Waals surface area (Å²) >= 11 is 0.